The summed E-state index contributed by atoms with van der Waals surface area (Å²) in [5, 5.41) is 2.69. The molecule has 12 heteroatoms. The summed E-state index contributed by atoms with van der Waals surface area (Å²) in [5.74, 6) is -0.624. The van der Waals surface area contributed by atoms with Gasteiger partial charge in [0.25, 0.3) is 0 Å². The van der Waals surface area contributed by atoms with Gasteiger partial charge < -0.3 is 38.5 Å². The van der Waals surface area contributed by atoms with Crippen molar-refractivity contribution >= 4 is 18.2 Å². The summed E-state index contributed by atoms with van der Waals surface area (Å²) in [4.78, 5) is 42.8. The lowest BCUT2D eigenvalue weighted by atomic mass is 9.84. The van der Waals surface area contributed by atoms with E-state index in [0.29, 0.717) is 12.8 Å². The predicted octanol–water partition coefficient (Wildman–Crippen LogP) is 9.59. The maximum Gasteiger partial charge on any atom is 0.410 e. The smallest absolute Gasteiger partial charge is 0.410 e. The molecule has 1 N–H and O–H groups in total. The molecule has 0 spiro atoms. The summed E-state index contributed by atoms with van der Waals surface area (Å²) in [6, 6.07) is 46.4. The van der Waals surface area contributed by atoms with Gasteiger partial charge in [-0.05, 0) is 67.9 Å². The highest BCUT2D eigenvalue weighted by molar-refractivity contribution is 5.81. The quantitative estimate of drug-likeness (QED) is 0.0562. The molecule has 0 saturated carbocycles. The molecule has 0 radical (unpaired) electrons. The second-order valence-corrected chi connectivity index (χ2v) is 17.0. The summed E-state index contributed by atoms with van der Waals surface area (Å²) in [6.07, 6.45) is -2.85. The molecule has 5 aromatic carbocycles. The van der Waals surface area contributed by atoms with Gasteiger partial charge in [0.2, 0.25) is 0 Å². The van der Waals surface area contributed by atoms with Crippen molar-refractivity contribution in [1.29, 1.82) is 0 Å². The zero-order chi connectivity index (χ0) is 45.9. The Labute approximate surface area is 383 Å². The van der Waals surface area contributed by atoms with Crippen molar-refractivity contribution in [2.45, 2.75) is 115 Å². The van der Waals surface area contributed by atoms with Crippen molar-refractivity contribution in [3.8, 4) is 0 Å². The van der Waals surface area contributed by atoms with Crippen molar-refractivity contribution in [3.63, 3.8) is 0 Å². The van der Waals surface area contributed by atoms with Gasteiger partial charge in [-0.25, -0.2) is 14.4 Å². The maximum atomic E-state index is 15.0. The molecule has 344 valence electrons. The largest absolute Gasteiger partial charge is 0.467 e. The van der Waals surface area contributed by atoms with Crippen molar-refractivity contribution in [1.82, 2.24) is 10.2 Å². The van der Waals surface area contributed by atoms with Crippen LogP contribution in [0.5, 0.6) is 0 Å². The SMILES string of the molecule is COC(=O)[C@H](CCC[C@H]1[C@H](OCc2ccccc2)[C@@H](OCc2ccccc2)[C@@H](OCc2ccccc2)[C@H](COCc2ccccc2)N1C(=O)OCc1ccccc1)NC(=O)OC(C)(C)C. The molecule has 1 fully saturated rings. The first-order valence-corrected chi connectivity index (χ1v) is 22.2. The van der Waals surface area contributed by atoms with E-state index in [0.717, 1.165) is 27.8 Å². The molecule has 1 saturated heterocycles. The van der Waals surface area contributed by atoms with Gasteiger partial charge in [-0.3, -0.25) is 4.90 Å². The van der Waals surface area contributed by atoms with E-state index >= 15 is 4.79 Å². The number of ether oxygens (including phenoxy) is 7. The number of amides is 2. The number of carbonyl (C=O) groups excluding carboxylic acids is 3. The third-order valence-corrected chi connectivity index (χ3v) is 11.0. The van der Waals surface area contributed by atoms with E-state index in [1.54, 1.807) is 25.7 Å². The van der Waals surface area contributed by atoms with E-state index in [-0.39, 0.29) is 46.1 Å². The Hall–Kier alpha value is -6.05. The van der Waals surface area contributed by atoms with Crippen LogP contribution in [0.15, 0.2) is 152 Å². The van der Waals surface area contributed by atoms with E-state index in [2.05, 4.69) is 5.32 Å². The average Bonchev–Trinajstić information content (AvgIpc) is 3.32. The second kappa shape index (κ2) is 24.9. The number of hydrogen-bond acceptors (Lipinski definition) is 10. The normalized spacial score (nSPS) is 18.9. The van der Waals surface area contributed by atoms with Crippen LogP contribution in [0.25, 0.3) is 0 Å². The van der Waals surface area contributed by atoms with Gasteiger partial charge in [0.05, 0.1) is 52.2 Å². The molecule has 0 bridgehead atoms. The molecule has 1 aliphatic rings. The molecule has 2 amide bonds. The summed E-state index contributed by atoms with van der Waals surface area (Å²) < 4.78 is 44.3. The zero-order valence-electron chi connectivity index (χ0n) is 37.8. The third-order valence-electron chi connectivity index (χ3n) is 11.0. The maximum absolute atomic E-state index is 15.0. The highest BCUT2D eigenvalue weighted by atomic mass is 16.6. The monoisotopic (exact) mass is 886 g/mol. The van der Waals surface area contributed by atoms with Crippen LogP contribution in [-0.2, 0) is 71.0 Å². The van der Waals surface area contributed by atoms with Gasteiger partial charge in [0.1, 0.15) is 36.6 Å². The summed E-state index contributed by atoms with van der Waals surface area (Å²) in [6.45, 7) is 6.25. The van der Waals surface area contributed by atoms with Crippen molar-refractivity contribution in [3.05, 3.63) is 179 Å². The third kappa shape index (κ3) is 15.3. The first-order valence-electron chi connectivity index (χ1n) is 22.2. The van der Waals surface area contributed by atoms with E-state index in [4.69, 9.17) is 33.2 Å². The Morgan fingerprint density at radius 3 is 1.43 bits per heavy atom. The molecule has 5 aromatic rings. The number of carbonyl (C=O) groups is 3. The van der Waals surface area contributed by atoms with E-state index < -0.39 is 60.2 Å². The van der Waals surface area contributed by atoms with Gasteiger partial charge in [-0.1, -0.05) is 152 Å². The molecule has 12 nitrogen and oxygen atoms in total. The van der Waals surface area contributed by atoms with E-state index in [1.165, 1.54) is 7.11 Å². The Bertz CT molecular complexity index is 2160. The van der Waals surface area contributed by atoms with Crippen LogP contribution >= 0.6 is 0 Å². The number of hydrogen-bond donors (Lipinski definition) is 1. The first kappa shape index (κ1) is 48.4. The molecule has 65 heavy (non-hydrogen) atoms. The number of rotatable bonds is 21. The topological polar surface area (TPSA) is 131 Å². The lowest BCUT2D eigenvalue weighted by Gasteiger charge is -2.52. The zero-order valence-corrected chi connectivity index (χ0v) is 37.8. The number of methoxy groups -OCH3 is 1. The van der Waals surface area contributed by atoms with Gasteiger partial charge >= 0.3 is 18.2 Å². The molecule has 0 aromatic heterocycles. The molecule has 1 heterocycles. The Morgan fingerprint density at radius 1 is 0.569 bits per heavy atom. The van der Waals surface area contributed by atoms with Crippen LogP contribution in [0.2, 0.25) is 0 Å². The Morgan fingerprint density at radius 2 is 0.985 bits per heavy atom. The molecule has 6 rings (SSSR count). The second-order valence-electron chi connectivity index (χ2n) is 17.0. The van der Waals surface area contributed by atoms with E-state index in [1.807, 2.05) is 152 Å². The molecule has 0 aliphatic carbocycles. The summed E-state index contributed by atoms with van der Waals surface area (Å²) in [7, 11) is 1.27. The number of alkyl carbamates (subject to hydrolysis) is 1. The standard InChI is InChI=1S/C53H62N2O10/c1-53(2,3)65-51(57)54-44(50(56)59-4)31-20-32-45-47(61-34-40-23-12-6-13-24-40)49(63-36-42-27-16-8-17-28-42)48(62-35-41-25-14-7-15-26-41)46(38-60-33-39-21-10-5-11-22-39)55(45)52(58)64-37-43-29-18-9-19-30-43/h5-19,21-30,44-49H,20,31-38H2,1-4H3,(H,54,57)/t44-,45-,46-,47-,48-,49+/m0/s1. The number of piperidine rings is 1. The van der Waals surface area contributed by atoms with Gasteiger partial charge in [-0.2, -0.15) is 0 Å². The molecular formula is C53H62N2O10. The summed E-state index contributed by atoms with van der Waals surface area (Å²) >= 11 is 0. The fraction of sp³-hybridized carbons (Fsp3) is 0.377. The highest BCUT2D eigenvalue weighted by Crippen LogP contribution is 2.36. The van der Waals surface area contributed by atoms with Crippen molar-refractivity contribution in [2.24, 2.45) is 0 Å². The lowest BCUT2D eigenvalue weighted by molar-refractivity contribution is -0.224. The van der Waals surface area contributed by atoms with Crippen LogP contribution in [-0.4, -0.2) is 78.8 Å². The van der Waals surface area contributed by atoms with Crippen LogP contribution in [0, 0.1) is 0 Å². The molecule has 0 unspecified atom stereocenters. The van der Waals surface area contributed by atoms with Crippen molar-refractivity contribution < 1.29 is 47.5 Å². The Balaban J connectivity index is 1.42. The fourth-order valence-corrected chi connectivity index (χ4v) is 7.88. The van der Waals surface area contributed by atoms with Crippen molar-refractivity contribution in [2.75, 3.05) is 13.7 Å². The number of nitrogens with zero attached hydrogens (tertiary/aromatic N) is 1. The summed E-state index contributed by atoms with van der Waals surface area (Å²) in [5.41, 5.74) is 3.80. The Kier molecular flexibility index (Phi) is 18.5. The van der Waals surface area contributed by atoms with Crippen LogP contribution in [0.3, 0.4) is 0 Å². The van der Waals surface area contributed by atoms with Gasteiger partial charge in [-0.15, -0.1) is 0 Å². The van der Waals surface area contributed by atoms with Gasteiger partial charge in [0, 0.05) is 0 Å². The minimum atomic E-state index is -1.03. The van der Waals surface area contributed by atoms with E-state index in [9.17, 15) is 9.59 Å². The minimum Gasteiger partial charge on any atom is -0.467 e. The molecule has 1 aliphatic heterocycles. The number of likely N-dealkylation sites (tertiary alicyclic amines) is 1. The molecular weight excluding hydrogens is 825 g/mol. The van der Waals surface area contributed by atoms with Crippen LogP contribution < -0.4 is 5.32 Å². The number of esters is 1. The minimum absolute atomic E-state index is 0.0176. The van der Waals surface area contributed by atoms with Crippen LogP contribution in [0.1, 0.15) is 67.9 Å². The lowest BCUT2D eigenvalue weighted by Crippen LogP contribution is -2.70. The predicted molar refractivity (Wildman–Crippen MR) is 246 cm³/mol. The molecule has 6 atom stereocenters. The number of benzene rings is 5. The van der Waals surface area contributed by atoms with Gasteiger partial charge in [0.15, 0.2) is 0 Å². The van der Waals surface area contributed by atoms with Crippen LogP contribution in [0.4, 0.5) is 9.59 Å². The average molecular weight is 887 g/mol. The highest BCUT2D eigenvalue weighted by Gasteiger charge is 2.53. The fourth-order valence-electron chi connectivity index (χ4n) is 7.88. The first-order chi connectivity index (χ1) is 31.6. The number of nitrogens with one attached hydrogen (secondary N) is 1.